The van der Waals surface area contributed by atoms with Crippen molar-refractivity contribution in [1.29, 1.82) is 0 Å². The van der Waals surface area contributed by atoms with Crippen LogP contribution < -0.4 is 0 Å². The largest absolute Gasteiger partial charge is 0.481 e. The normalized spacial score (nSPS) is 21.6. The average Bonchev–Trinajstić information content (AvgIpc) is 2.75. The Morgan fingerprint density at radius 2 is 2.41 bits per heavy atom. The Morgan fingerprint density at radius 3 is 3.12 bits per heavy atom. The number of carboxylic acid groups (broad SMARTS) is 1. The van der Waals surface area contributed by atoms with Gasteiger partial charge in [0.1, 0.15) is 0 Å². The first kappa shape index (κ1) is 12.0. The minimum Gasteiger partial charge on any atom is -0.481 e. The number of aromatic nitrogens is 2. The van der Waals surface area contributed by atoms with Gasteiger partial charge in [0, 0.05) is 6.42 Å². The summed E-state index contributed by atoms with van der Waals surface area (Å²) in [7, 11) is 2.05. The second kappa shape index (κ2) is 5.27. The van der Waals surface area contributed by atoms with Crippen LogP contribution in [0.25, 0.3) is 0 Å². The first-order chi connectivity index (χ1) is 8.16. The zero-order valence-electron chi connectivity index (χ0n) is 9.93. The Kier molecular flexibility index (Phi) is 3.73. The molecule has 1 fully saturated rings. The molecule has 1 aliphatic rings. The number of piperidine rings is 1. The van der Waals surface area contributed by atoms with Crippen LogP contribution in [-0.4, -0.2) is 39.7 Å². The number of rotatable bonds is 4. The van der Waals surface area contributed by atoms with Gasteiger partial charge in [-0.1, -0.05) is 11.6 Å². The number of nitrogens with zero attached hydrogens (tertiary/aromatic N) is 3. The number of carbonyl (C=O) groups is 1. The highest BCUT2D eigenvalue weighted by Gasteiger charge is 2.25. The number of hydrogen-bond donors (Lipinski definition) is 1. The molecule has 0 aliphatic carbocycles. The van der Waals surface area contributed by atoms with Crippen molar-refractivity contribution in [3.63, 3.8) is 0 Å². The molecule has 2 rings (SSSR count). The van der Waals surface area contributed by atoms with Crippen LogP contribution in [0.5, 0.6) is 0 Å². The predicted octanol–water partition coefficient (Wildman–Crippen LogP) is 1.24. The molecule has 1 aromatic rings. The number of hydrogen-bond acceptors (Lipinski definition) is 5. The highest BCUT2D eigenvalue weighted by molar-refractivity contribution is 5.66. The highest BCUT2D eigenvalue weighted by atomic mass is 16.5. The molecule has 0 amide bonds. The fourth-order valence-corrected chi connectivity index (χ4v) is 2.11. The van der Waals surface area contributed by atoms with Crippen LogP contribution in [0.15, 0.2) is 4.52 Å². The van der Waals surface area contributed by atoms with Gasteiger partial charge >= 0.3 is 5.97 Å². The summed E-state index contributed by atoms with van der Waals surface area (Å²) in [5.41, 5.74) is 0. The van der Waals surface area contributed by atoms with Crippen molar-refractivity contribution in [1.82, 2.24) is 15.0 Å². The van der Waals surface area contributed by atoms with Crippen LogP contribution in [0.4, 0.5) is 0 Å². The summed E-state index contributed by atoms with van der Waals surface area (Å²) in [4.78, 5) is 16.9. The van der Waals surface area contributed by atoms with E-state index >= 15 is 0 Å². The molecule has 1 saturated heterocycles. The number of carboxylic acids is 1. The van der Waals surface area contributed by atoms with Crippen molar-refractivity contribution in [2.24, 2.45) is 0 Å². The topological polar surface area (TPSA) is 79.5 Å². The molecule has 17 heavy (non-hydrogen) atoms. The predicted molar refractivity (Wildman–Crippen MR) is 59.5 cm³/mol. The van der Waals surface area contributed by atoms with Gasteiger partial charge in [-0.3, -0.25) is 9.69 Å². The van der Waals surface area contributed by atoms with E-state index in [1.165, 1.54) is 12.8 Å². The van der Waals surface area contributed by atoms with Crippen molar-refractivity contribution in [2.75, 3.05) is 13.6 Å². The van der Waals surface area contributed by atoms with E-state index in [0.29, 0.717) is 18.1 Å². The third kappa shape index (κ3) is 3.03. The maximum atomic E-state index is 10.4. The maximum absolute atomic E-state index is 10.4. The molecule has 6 nitrogen and oxygen atoms in total. The van der Waals surface area contributed by atoms with E-state index in [9.17, 15) is 4.79 Å². The van der Waals surface area contributed by atoms with Crippen LogP contribution in [0.1, 0.15) is 43.4 Å². The van der Waals surface area contributed by atoms with Gasteiger partial charge in [-0.2, -0.15) is 4.98 Å². The summed E-state index contributed by atoms with van der Waals surface area (Å²) in [5.74, 6) is 0.264. The lowest BCUT2D eigenvalue weighted by Crippen LogP contribution is -2.29. The SMILES string of the molecule is CN1CCCCC1c1nc(CCC(=O)O)no1. The summed E-state index contributed by atoms with van der Waals surface area (Å²) in [6.45, 7) is 1.04. The van der Waals surface area contributed by atoms with Crippen LogP contribution in [-0.2, 0) is 11.2 Å². The second-order valence-corrected chi connectivity index (χ2v) is 4.43. The molecule has 0 aromatic carbocycles. The molecule has 1 unspecified atom stereocenters. The van der Waals surface area contributed by atoms with Gasteiger partial charge in [0.05, 0.1) is 12.5 Å². The summed E-state index contributed by atoms with van der Waals surface area (Å²) in [5, 5.41) is 12.4. The summed E-state index contributed by atoms with van der Waals surface area (Å²) in [6, 6.07) is 0.190. The number of aliphatic carboxylic acids is 1. The van der Waals surface area contributed by atoms with E-state index in [0.717, 1.165) is 13.0 Å². The second-order valence-electron chi connectivity index (χ2n) is 4.43. The van der Waals surface area contributed by atoms with Gasteiger partial charge in [0.25, 0.3) is 0 Å². The lowest BCUT2D eigenvalue weighted by atomic mass is 10.0. The van der Waals surface area contributed by atoms with Crippen molar-refractivity contribution >= 4 is 5.97 Å². The molecule has 1 aromatic heterocycles. The molecular formula is C11H17N3O3. The molecular weight excluding hydrogens is 222 g/mol. The van der Waals surface area contributed by atoms with Gasteiger partial charge in [0.2, 0.25) is 5.89 Å². The minimum absolute atomic E-state index is 0.0412. The van der Waals surface area contributed by atoms with Crippen LogP contribution >= 0.6 is 0 Å². The number of likely N-dealkylation sites (tertiary alicyclic amines) is 1. The van der Waals surface area contributed by atoms with E-state index in [-0.39, 0.29) is 12.5 Å². The molecule has 2 heterocycles. The first-order valence-corrected chi connectivity index (χ1v) is 5.91. The minimum atomic E-state index is -0.842. The lowest BCUT2D eigenvalue weighted by Gasteiger charge is -2.29. The van der Waals surface area contributed by atoms with Crippen LogP contribution in [0.2, 0.25) is 0 Å². The fraction of sp³-hybridized carbons (Fsp3) is 0.727. The molecule has 0 spiro atoms. The zero-order chi connectivity index (χ0) is 12.3. The fourth-order valence-electron chi connectivity index (χ4n) is 2.11. The van der Waals surface area contributed by atoms with E-state index in [4.69, 9.17) is 9.63 Å². The molecule has 1 atom stereocenters. The number of aryl methyl sites for hydroxylation is 1. The quantitative estimate of drug-likeness (QED) is 0.851. The smallest absolute Gasteiger partial charge is 0.303 e. The standard InChI is InChI=1S/C11H17N3O3/c1-14-7-3-2-4-8(14)11-12-9(13-17-11)5-6-10(15)16/h8H,2-7H2,1H3,(H,15,16). The third-order valence-electron chi connectivity index (χ3n) is 3.10. The Labute approximate surface area is 99.6 Å². The van der Waals surface area contributed by atoms with Gasteiger partial charge in [-0.15, -0.1) is 0 Å². The Hall–Kier alpha value is -1.43. The average molecular weight is 239 g/mol. The summed E-state index contributed by atoms with van der Waals surface area (Å²) in [6.07, 6.45) is 3.76. The highest BCUT2D eigenvalue weighted by Crippen LogP contribution is 2.28. The van der Waals surface area contributed by atoms with E-state index in [1.807, 2.05) is 7.05 Å². The Bertz CT molecular complexity index is 391. The molecule has 0 radical (unpaired) electrons. The van der Waals surface area contributed by atoms with Crippen molar-refractivity contribution < 1.29 is 14.4 Å². The van der Waals surface area contributed by atoms with Crippen molar-refractivity contribution in [3.8, 4) is 0 Å². The first-order valence-electron chi connectivity index (χ1n) is 5.91. The van der Waals surface area contributed by atoms with E-state index < -0.39 is 5.97 Å². The van der Waals surface area contributed by atoms with Crippen molar-refractivity contribution in [3.05, 3.63) is 11.7 Å². The monoisotopic (exact) mass is 239 g/mol. The molecule has 1 N–H and O–H groups in total. The van der Waals surface area contributed by atoms with Gasteiger partial charge in [-0.05, 0) is 26.4 Å². The maximum Gasteiger partial charge on any atom is 0.303 e. The van der Waals surface area contributed by atoms with Crippen LogP contribution in [0, 0.1) is 0 Å². The van der Waals surface area contributed by atoms with Crippen LogP contribution in [0.3, 0.4) is 0 Å². The molecule has 6 heteroatoms. The summed E-state index contributed by atoms with van der Waals surface area (Å²) >= 11 is 0. The molecule has 0 saturated carbocycles. The van der Waals surface area contributed by atoms with Gasteiger partial charge < -0.3 is 9.63 Å². The van der Waals surface area contributed by atoms with Gasteiger partial charge in [0.15, 0.2) is 5.82 Å². The Morgan fingerprint density at radius 1 is 1.59 bits per heavy atom. The van der Waals surface area contributed by atoms with E-state index in [2.05, 4.69) is 15.0 Å². The lowest BCUT2D eigenvalue weighted by molar-refractivity contribution is -0.137. The van der Waals surface area contributed by atoms with Gasteiger partial charge in [-0.25, -0.2) is 0 Å². The summed E-state index contributed by atoms with van der Waals surface area (Å²) < 4.78 is 5.21. The van der Waals surface area contributed by atoms with Crippen molar-refractivity contribution in [2.45, 2.75) is 38.1 Å². The third-order valence-corrected chi connectivity index (χ3v) is 3.10. The van der Waals surface area contributed by atoms with E-state index in [1.54, 1.807) is 0 Å². The Balaban J connectivity index is 1.99. The zero-order valence-corrected chi connectivity index (χ0v) is 9.93. The molecule has 0 bridgehead atoms. The molecule has 1 aliphatic heterocycles. The molecule has 94 valence electrons.